The lowest BCUT2D eigenvalue weighted by atomic mass is 10.2. The molecule has 3 aromatic rings. The molecule has 0 unspecified atom stereocenters. The molecule has 2 aromatic carbocycles. The largest absolute Gasteiger partial charge is 0.436 e. The Morgan fingerprint density at radius 1 is 1.23 bits per heavy atom. The van der Waals surface area contributed by atoms with Gasteiger partial charge in [-0.25, -0.2) is 4.98 Å². The number of carbonyl (C=O) groups is 1. The fourth-order valence-electron chi connectivity index (χ4n) is 2.04. The molecule has 0 aliphatic carbocycles. The standard InChI is InChI=1S/C17H15ClN2O2/c1-10(2)16(21)19-13-6-7-15-14(9-13)20-17(22-15)11-4-3-5-12(18)8-11/h3-10H,1-2H3,(H,19,21). The van der Waals surface area contributed by atoms with E-state index in [2.05, 4.69) is 10.3 Å². The first kappa shape index (κ1) is 14.6. The van der Waals surface area contributed by atoms with Crippen molar-refractivity contribution in [1.82, 2.24) is 4.98 Å². The van der Waals surface area contributed by atoms with Gasteiger partial charge in [0.05, 0.1) is 0 Å². The number of nitrogens with zero attached hydrogens (tertiary/aromatic N) is 1. The van der Waals surface area contributed by atoms with Crippen LogP contribution in [0.1, 0.15) is 13.8 Å². The Morgan fingerprint density at radius 3 is 2.77 bits per heavy atom. The Balaban J connectivity index is 1.95. The monoisotopic (exact) mass is 314 g/mol. The van der Waals surface area contributed by atoms with E-state index in [0.717, 1.165) is 5.56 Å². The van der Waals surface area contributed by atoms with Gasteiger partial charge in [-0.1, -0.05) is 31.5 Å². The SMILES string of the molecule is CC(C)C(=O)Nc1ccc2oc(-c3cccc(Cl)c3)nc2c1. The molecule has 1 amide bonds. The summed E-state index contributed by atoms with van der Waals surface area (Å²) >= 11 is 5.99. The maximum atomic E-state index is 11.7. The third kappa shape index (κ3) is 2.97. The van der Waals surface area contributed by atoms with Gasteiger partial charge in [0.1, 0.15) is 5.52 Å². The number of fused-ring (bicyclic) bond motifs is 1. The van der Waals surface area contributed by atoms with Gasteiger partial charge in [-0.05, 0) is 36.4 Å². The van der Waals surface area contributed by atoms with E-state index in [1.807, 2.05) is 26.0 Å². The number of aromatic nitrogens is 1. The number of halogens is 1. The van der Waals surface area contributed by atoms with Gasteiger partial charge in [0.15, 0.2) is 5.58 Å². The fraction of sp³-hybridized carbons (Fsp3) is 0.176. The van der Waals surface area contributed by atoms with Crippen LogP contribution in [0.5, 0.6) is 0 Å². The van der Waals surface area contributed by atoms with Crippen LogP contribution in [0.2, 0.25) is 5.02 Å². The fourth-order valence-corrected chi connectivity index (χ4v) is 2.23. The molecule has 5 heteroatoms. The van der Waals surface area contributed by atoms with E-state index in [-0.39, 0.29) is 11.8 Å². The third-order valence-electron chi connectivity index (χ3n) is 3.25. The van der Waals surface area contributed by atoms with E-state index in [0.29, 0.717) is 27.7 Å². The van der Waals surface area contributed by atoms with Crippen LogP contribution in [-0.4, -0.2) is 10.9 Å². The highest BCUT2D eigenvalue weighted by atomic mass is 35.5. The van der Waals surface area contributed by atoms with Crippen molar-refractivity contribution >= 4 is 34.3 Å². The second-order valence-corrected chi connectivity index (χ2v) is 5.79. The first-order chi connectivity index (χ1) is 10.5. The van der Waals surface area contributed by atoms with Crippen LogP contribution in [0.4, 0.5) is 5.69 Å². The average Bonchev–Trinajstić information content (AvgIpc) is 2.90. The molecule has 1 heterocycles. The number of nitrogens with one attached hydrogen (secondary N) is 1. The minimum Gasteiger partial charge on any atom is -0.436 e. The van der Waals surface area contributed by atoms with Crippen molar-refractivity contribution in [3.63, 3.8) is 0 Å². The Labute approximate surface area is 133 Å². The first-order valence-corrected chi connectivity index (χ1v) is 7.38. The number of amides is 1. The number of carbonyl (C=O) groups excluding carboxylic acids is 1. The van der Waals surface area contributed by atoms with Crippen LogP contribution in [0.3, 0.4) is 0 Å². The highest BCUT2D eigenvalue weighted by Gasteiger charge is 2.11. The van der Waals surface area contributed by atoms with Gasteiger partial charge in [0, 0.05) is 22.2 Å². The number of oxazole rings is 1. The summed E-state index contributed by atoms with van der Waals surface area (Å²) in [6.07, 6.45) is 0. The molecule has 0 saturated heterocycles. The van der Waals surface area contributed by atoms with Crippen molar-refractivity contribution < 1.29 is 9.21 Å². The highest BCUT2D eigenvalue weighted by Crippen LogP contribution is 2.27. The van der Waals surface area contributed by atoms with E-state index >= 15 is 0 Å². The van der Waals surface area contributed by atoms with Gasteiger partial charge in [-0.3, -0.25) is 4.79 Å². The smallest absolute Gasteiger partial charge is 0.227 e. The zero-order valence-corrected chi connectivity index (χ0v) is 13.0. The van der Waals surface area contributed by atoms with Gasteiger partial charge in [0.25, 0.3) is 0 Å². The second-order valence-electron chi connectivity index (χ2n) is 5.36. The second kappa shape index (κ2) is 5.81. The zero-order valence-electron chi connectivity index (χ0n) is 12.3. The molecule has 0 radical (unpaired) electrons. The summed E-state index contributed by atoms with van der Waals surface area (Å²) in [6.45, 7) is 3.70. The van der Waals surface area contributed by atoms with Crippen molar-refractivity contribution in [1.29, 1.82) is 0 Å². The van der Waals surface area contributed by atoms with E-state index in [1.54, 1.807) is 30.3 Å². The van der Waals surface area contributed by atoms with Crippen LogP contribution in [0, 0.1) is 5.92 Å². The van der Waals surface area contributed by atoms with Crippen molar-refractivity contribution in [3.8, 4) is 11.5 Å². The minimum absolute atomic E-state index is 0.0297. The van der Waals surface area contributed by atoms with Gasteiger partial charge in [-0.15, -0.1) is 0 Å². The Bertz CT molecular complexity index is 840. The highest BCUT2D eigenvalue weighted by molar-refractivity contribution is 6.30. The van der Waals surface area contributed by atoms with Crippen molar-refractivity contribution in [2.45, 2.75) is 13.8 Å². The lowest BCUT2D eigenvalue weighted by Gasteiger charge is -2.06. The molecule has 0 aliphatic heterocycles. The summed E-state index contributed by atoms with van der Waals surface area (Å²) < 4.78 is 5.73. The Morgan fingerprint density at radius 2 is 2.05 bits per heavy atom. The molecule has 0 atom stereocenters. The molecule has 0 spiro atoms. The molecule has 0 fully saturated rings. The summed E-state index contributed by atoms with van der Waals surface area (Å²) in [6, 6.07) is 12.7. The number of anilines is 1. The van der Waals surface area contributed by atoms with Crippen molar-refractivity contribution in [2.24, 2.45) is 5.92 Å². The molecule has 1 aromatic heterocycles. The Kier molecular flexibility index (Phi) is 3.86. The first-order valence-electron chi connectivity index (χ1n) is 7.00. The maximum Gasteiger partial charge on any atom is 0.227 e. The van der Waals surface area contributed by atoms with Gasteiger partial charge < -0.3 is 9.73 Å². The third-order valence-corrected chi connectivity index (χ3v) is 3.49. The predicted molar refractivity (Wildman–Crippen MR) is 87.9 cm³/mol. The van der Waals surface area contributed by atoms with E-state index in [9.17, 15) is 4.79 Å². The van der Waals surface area contributed by atoms with E-state index in [1.165, 1.54) is 0 Å². The topological polar surface area (TPSA) is 55.1 Å². The summed E-state index contributed by atoms with van der Waals surface area (Å²) in [4.78, 5) is 16.2. The minimum atomic E-state index is -0.0740. The molecule has 1 N–H and O–H groups in total. The Hall–Kier alpha value is -2.33. The molecular formula is C17H15ClN2O2. The van der Waals surface area contributed by atoms with Gasteiger partial charge in [-0.2, -0.15) is 0 Å². The summed E-state index contributed by atoms with van der Waals surface area (Å²) in [5.74, 6) is 0.401. The van der Waals surface area contributed by atoms with Gasteiger partial charge >= 0.3 is 0 Å². The molecule has 4 nitrogen and oxygen atoms in total. The normalized spacial score (nSPS) is 11.1. The number of hydrogen-bond donors (Lipinski definition) is 1. The number of benzene rings is 2. The van der Waals surface area contributed by atoms with Crippen LogP contribution in [-0.2, 0) is 4.79 Å². The maximum absolute atomic E-state index is 11.7. The molecule has 22 heavy (non-hydrogen) atoms. The molecule has 0 bridgehead atoms. The number of hydrogen-bond acceptors (Lipinski definition) is 3. The lowest BCUT2D eigenvalue weighted by Crippen LogP contribution is -2.17. The molecule has 0 aliphatic rings. The van der Waals surface area contributed by atoms with Crippen molar-refractivity contribution in [3.05, 3.63) is 47.5 Å². The van der Waals surface area contributed by atoms with Crippen LogP contribution in [0.15, 0.2) is 46.9 Å². The molecule has 0 saturated carbocycles. The van der Waals surface area contributed by atoms with Crippen molar-refractivity contribution in [2.75, 3.05) is 5.32 Å². The van der Waals surface area contributed by atoms with E-state index < -0.39 is 0 Å². The lowest BCUT2D eigenvalue weighted by molar-refractivity contribution is -0.118. The van der Waals surface area contributed by atoms with Crippen LogP contribution < -0.4 is 5.32 Å². The molecule has 3 rings (SSSR count). The van der Waals surface area contributed by atoms with Gasteiger partial charge in [0.2, 0.25) is 11.8 Å². The molecular weight excluding hydrogens is 300 g/mol. The van der Waals surface area contributed by atoms with Crippen LogP contribution >= 0.6 is 11.6 Å². The number of rotatable bonds is 3. The molecule has 112 valence electrons. The summed E-state index contributed by atoms with van der Waals surface area (Å²) in [5.41, 5.74) is 2.88. The van der Waals surface area contributed by atoms with E-state index in [4.69, 9.17) is 16.0 Å². The van der Waals surface area contributed by atoms with Crippen LogP contribution in [0.25, 0.3) is 22.6 Å². The summed E-state index contributed by atoms with van der Waals surface area (Å²) in [5, 5.41) is 3.48. The average molecular weight is 315 g/mol. The predicted octanol–water partition coefficient (Wildman–Crippen LogP) is 4.74. The zero-order chi connectivity index (χ0) is 15.7. The quantitative estimate of drug-likeness (QED) is 0.759. The summed E-state index contributed by atoms with van der Waals surface area (Å²) in [7, 11) is 0.